The van der Waals surface area contributed by atoms with E-state index < -0.39 is 0 Å². The van der Waals surface area contributed by atoms with Crippen molar-refractivity contribution in [1.82, 2.24) is 29.7 Å². The number of carbonyl (C=O) groups is 1. The van der Waals surface area contributed by atoms with E-state index in [0.717, 1.165) is 24.3 Å². The molecule has 0 saturated heterocycles. The molecule has 3 aromatic rings. The van der Waals surface area contributed by atoms with Crippen molar-refractivity contribution in [3.8, 4) is 5.88 Å². The van der Waals surface area contributed by atoms with E-state index in [1.165, 1.54) is 11.8 Å². The van der Waals surface area contributed by atoms with E-state index in [1.807, 2.05) is 28.8 Å². The average Bonchev–Trinajstić information content (AvgIpc) is 3.12. The van der Waals surface area contributed by atoms with Crippen molar-refractivity contribution in [3.05, 3.63) is 40.4 Å². The zero-order chi connectivity index (χ0) is 17.1. The fraction of sp³-hybridized carbons (Fsp3) is 0.333. The van der Waals surface area contributed by atoms with Gasteiger partial charge in [-0.25, -0.2) is 4.68 Å². The van der Waals surface area contributed by atoms with Gasteiger partial charge in [0.1, 0.15) is 10.3 Å². The summed E-state index contributed by atoms with van der Waals surface area (Å²) in [5, 5.41) is 15.3. The smallest absolute Gasteiger partial charge is 0.273 e. The highest BCUT2D eigenvalue weighted by Gasteiger charge is 2.20. The Bertz CT molecular complexity index is 872. The van der Waals surface area contributed by atoms with Gasteiger partial charge < -0.3 is 10.1 Å². The highest BCUT2D eigenvalue weighted by Crippen LogP contribution is 2.27. The first-order valence-electron chi connectivity index (χ1n) is 7.45. The molecule has 0 aliphatic heterocycles. The Labute approximate surface area is 147 Å². The van der Waals surface area contributed by atoms with Gasteiger partial charge in [-0.1, -0.05) is 6.07 Å². The molecule has 0 spiro atoms. The Kier molecular flexibility index (Phi) is 4.79. The number of hydrogen-bond acceptors (Lipinski definition) is 5. The SMILES string of the molecule is COc1c(Br)c(C(=O)NCCCc2nnc3ccccn23)nn1C. The summed E-state index contributed by atoms with van der Waals surface area (Å²) in [5.74, 6) is 1.14. The van der Waals surface area contributed by atoms with Crippen molar-refractivity contribution in [1.29, 1.82) is 0 Å². The lowest BCUT2D eigenvalue weighted by Crippen LogP contribution is -2.25. The van der Waals surface area contributed by atoms with Crippen LogP contribution in [0.25, 0.3) is 5.65 Å². The van der Waals surface area contributed by atoms with Crippen LogP contribution in [0.3, 0.4) is 0 Å². The molecule has 1 N–H and O–H groups in total. The van der Waals surface area contributed by atoms with Crippen LogP contribution in [0.15, 0.2) is 28.9 Å². The van der Waals surface area contributed by atoms with Gasteiger partial charge in [0.05, 0.1) is 7.11 Å². The van der Waals surface area contributed by atoms with Crippen LogP contribution in [0.2, 0.25) is 0 Å². The Morgan fingerprint density at radius 2 is 2.21 bits per heavy atom. The van der Waals surface area contributed by atoms with Gasteiger partial charge in [0.2, 0.25) is 5.88 Å². The van der Waals surface area contributed by atoms with E-state index in [1.54, 1.807) is 7.05 Å². The third-order valence-corrected chi connectivity index (χ3v) is 4.31. The molecule has 24 heavy (non-hydrogen) atoms. The second-order valence-electron chi connectivity index (χ2n) is 5.20. The number of nitrogens with one attached hydrogen (secondary N) is 1. The minimum Gasteiger partial charge on any atom is -0.480 e. The summed E-state index contributed by atoms with van der Waals surface area (Å²) in [5.41, 5.74) is 1.13. The molecule has 3 rings (SSSR count). The Hall–Kier alpha value is -2.42. The molecular weight excluding hydrogens is 376 g/mol. The number of carbonyl (C=O) groups excluding carboxylic acids is 1. The Morgan fingerprint density at radius 1 is 1.38 bits per heavy atom. The highest BCUT2D eigenvalue weighted by molar-refractivity contribution is 9.10. The number of rotatable bonds is 6. The van der Waals surface area contributed by atoms with Crippen LogP contribution in [0.4, 0.5) is 0 Å². The molecular formula is C15H17BrN6O2. The van der Waals surface area contributed by atoms with Crippen molar-refractivity contribution in [2.24, 2.45) is 7.05 Å². The maximum atomic E-state index is 12.2. The van der Waals surface area contributed by atoms with Crippen LogP contribution >= 0.6 is 15.9 Å². The molecule has 1 amide bonds. The first-order chi connectivity index (χ1) is 11.6. The van der Waals surface area contributed by atoms with Crippen LogP contribution in [0.5, 0.6) is 5.88 Å². The van der Waals surface area contributed by atoms with Gasteiger partial charge in [-0.2, -0.15) is 5.10 Å². The molecule has 0 aliphatic carbocycles. The molecule has 0 atom stereocenters. The van der Waals surface area contributed by atoms with Crippen LogP contribution in [-0.2, 0) is 13.5 Å². The van der Waals surface area contributed by atoms with E-state index in [2.05, 4.69) is 36.5 Å². The lowest BCUT2D eigenvalue weighted by molar-refractivity contribution is 0.0946. The second kappa shape index (κ2) is 7.00. The fourth-order valence-electron chi connectivity index (χ4n) is 2.44. The predicted molar refractivity (Wildman–Crippen MR) is 91.1 cm³/mol. The number of pyridine rings is 1. The number of fused-ring (bicyclic) bond motifs is 1. The van der Waals surface area contributed by atoms with Crippen LogP contribution < -0.4 is 10.1 Å². The molecule has 3 heterocycles. The maximum absolute atomic E-state index is 12.2. The average molecular weight is 393 g/mol. The fourth-order valence-corrected chi connectivity index (χ4v) is 3.12. The molecule has 126 valence electrons. The van der Waals surface area contributed by atoms with Crippen LogP contribution in [0.1, 0.15) is 22.7 Å². The van der Waals surface area contributed by atoms with Gasteiger partial charge in [-0.15, -0.1) is 10.2 Å². The number of ether oxygens (including phenoxy) is 1. The lowest BCUT2D eigenvalue weighted by Gasteiger charge is -2.03. The van der Waals surface area contributed by atoms with E-state index >= 15 is 0 Å². The topological polar surface area (TPSA) is 86.3 Å². The Balaban J connectivity index is 1.56. The predicted octanol–water partition coefficient (Wildman–Crippen LogP) is 1.60. The number of aryl methyl sites for hydroxylation is 2. The summed E-state index contributed by atoms with van der Waals surface area (Å²) in [6.07, 6.45) is 3.40. The van der Waals surface area contributed by atoms with Crippen LogP contribution in [0, 0.1) is 0 Å². The molecule has 0 unspecified atom stereocenters. The highest BCUT2D eigenvalue weighted by atomic mass is 79.9. The molecule has 0 aromatic carbocycles. The van der Waals surface area contributed by atoms with E-state index in [-0.39, 0.29) is 5.91 Å². The second-order valence-corrected chi connectivity index (χ2v) is 5.99. The van der Waals surface area contributed by atoms with Crippen molar-refractivity contribution >= 4 is 27.5 Å². The van der Waals surface area contributed by atoms with E-state index in [0.29, 0.717) is 22.6 Å². The molecule has 0 fully saturated rings. The number of halogens is 1. The molecule has 8 nitrogen and oxygen atoms in total. The number of nitrogens with zero attached hydrogens (tertiary/aromatic N) is 5. The van der Waals surface area contributed by atoms with E-state index in [9.17, 15) is 4.79 Å². The monoisotopic (exact) mass is 392 g/mol. The number of aromatic nitrogens is 5. The van der Waals surface area contributed by atoms with Gasteiger partial charge in [-0.3, -0.25) is 9.20 Å². The van der Waals surface area contributed by atoms with Gasteiger partial charge in [0.15, 0.2) is 11.3 Å². The minimum atomic E-state index is -0.244. The molecule has 9 heteroatoms. The normalized spacial score (nSPS) is 11.0. The minimum absolute atomic E-state index is 0.244. The Morgan fingerprint density at radius 3 is 2.96 bits per heavy atom. The number of hydrogen-bond donors (Lipinski definition) is 1. The maximum Gasteiger partial charge on any atom is 0.273 e. The summed E-state index contributed by atoms with van der Waals surface area (Å²) in [7, 11) is 3.25. The summed E-state index contributed by atoms with van der Waals surface area (Å²) in [6, 6.07) is 5.77. The third kappa shape index (κ3) is 3.12. The van der Waals surface area contributed by atoms with Gasteiger partial charge >= 0.3 is 0 Å². The summed E-state index contributed by atoms with van der Waals surface area (Å²) >= 11 is 3.34. The number of methoxy groups -OCH3 is 1. The lowest BCUT2D eigenvalue weighted by atomic mass is 10.3. The summed E-state index contributed by atoms with van der Waals surface area (Å²) < 4.78 is 9.19. The standard InChI is InChI=1S/C15H17BrN6O2/c1-21-15(24-2)12(16)13(20-21)14(23)17-8-5-7-11-19-18-10-6-3-4-9-22(10)11/h3-4,6,9H,5,7-8H2,1-2H3,(H,17,23). The van der Waals surface area contributed by atoms with Crippen molar-refractivity contribution in [2.45, 2.75) is 12.8 Å². The van der Waals surface area contributed by atoms with Crippen molar-refractivity contribution < 1.29 is 9.53 Å². The van der Waals surface area contributed by atoms with Crippen molar-refractivity contribution in [2.75, 3.05) is 13.7 Å². The van der Waals surface area contributed by atoms with Crippen LogP contribution in [-0.4, -0.2) is 43.9 Å². The number of amides is 1. The molecule has 3 aromatic heterocycles. The van der Waals surface area contributed by atoms with E-state index in [4.69, 9.17) is 4.74 Å². The van der Waals surface area contributed by atoms with Gasteiger partial charge in [-0.05, 0) is 34.5 Å². The first-order valence-corrected chi connectivity index (χ1v) is 8.24. The van der Waals surface area contributed by atoms with Crippen molar-refractivity contribution in [3.63, 3.8) is 0 Å². The summed E-state index contributed by atoms with van der Waals surface area (Å²) in [4.78, 5) is 12.2. The summed E-state index contributed by atoms with van der Waals surface area (Å²) in [6.45, 7) is 0.520. The largest absolute Gasteiger partial charge is 0.480 e. The van der Waals surface area contributed by atoms with Gasteiger partial charge in [0, 0.05) is 26.2 Å². The quantitative estimate of drug-likeness (QED) is 0.643. The zero-order valence-electron chi connectivity index (χ0n) is 13.4. The molecule has 0 bridgehead atoms. The third-order valence-electron chi connectivity index (χ3n) is 3.60. The first kappa shape index (κ1) is 16.4. The zero-order valence-corrected chi connectivity index (χ0v) is 14.9. The molecule has 0 radical (unpaired) electrons. The molecule has 0 aliphatic rings. The molecule has 0 saturated carbocycles. The van der Waals surface area contributed by atoms with Gasteiger partial charge in [0.25, 0.3) is 5.91 Å².